The van der Waals surface area contributed by atoms with Crippen molar-refractivity contribution in [2.75, 3.05) is 6.61 Å². The third-order valence-corrected chi connectivity index (χ3v) is 2.63. The van der Waals surface area contributed by atoms with Crippen LogP contribution in [0, 0.1) is 0 Å². The van der Waals surface area contributed by atoms with Crippen molar-refractivity contribution in [2.45, 2.75) is 6.04 Å². The molecular formula is C9H7Cl2NO3. The van der Waals surface area contributed by atoms with Crippen LogP contribution in [0.15, 0.2) is 12.1 Å². The normalized spacial score (nSPS) is 19.9. The second kappa shape index (κ2) is 3.79. The zero-order valence-electron chi connectivity index (χ0n) is 7.46. The first-order valence-electron chi connectivity index (χ1n) is 4.19. The van der Waals surface area contributed by atoms with Gasteiger partial charge in [0.25, 0.3) is 0 Å². The molecule has 0 saturated carbocycles. The number of nitrogens with one attached hydrogen (secondary N) is 1. The number of rotatable bonds is 1. The minimum Gasteiger partial charge on any atom is -0.507 e. The first-order chi connectivity index (χ1) is 7.08. The Bertz CT molecular complexity index is 399. The van der Waals surface area contributed by atoms with Crippen LogP contribution in [0.3, 0.4) is 0 Å². The Morgan fingerprint density at radius 3 is 2.73 bits per heavy atom. The van der Waals surface area contributed by atoms with Crippen LogP contribution in [0.1, 0.15) is 11.6 Å². The molecule has 1 aliphatic heterocycles. The van der Waals surface area contributed by atoms with Gasteiger partial charge < -0.3 is 15.2 Å². The molecule has 0 aliphatic carbocycles. The average molecular weight is 248 g/mol. The van der Waals surface area contributed by atoms with Crippen LogP contribution in [0.25, 0.3) is 0 Å². The largest absolute Gasteiger partial charge is 0.507 e. The first-order valence-corrected chi connectivity index (χ1v) is 4.94. The maximum absolute atomic E-state index is 10.8. The minimum absolute atomic E-state index is 0.0525. The predicted molar refractivity (Wildman–Crippen MR) is 55.4 cm³/mol. The monoisotopic (exact) mass is 247 g/mol. The summed E-state index contributed by atoms with van der Waals surface area (Å²) >= 11 is 11.6. The van der Waals surface area contributed by atoms with Gasteiger partial charge in [-0.1, -0.05) is 23.2 Å². The van der Waals surface area contributed by atoms with Gasteiger partial charge in [0.05, 0.1) is 11.1 Å². The van der Waals surface area contributed by atoms with Crippen LogP contribution in [-0.4, -0.2) is 17.8 Å². The summed E-state index contributed by atoms with van der Waals surface area (Å²) in [5.74, 6) is -0.0525. The molecule has 4 nitrogen and oxygen atoms in total. The molecule has 1 heterocycles. The van der Waals surface area contributed by atoms with E-state index in [2.05, 4.69) is 5.32 Å². The van der Waals surface area contributed by atoms with Crippen LogP contribution in [0.4, 0.5) is 4.79 Å². The number of phenols is 1. The number of hydrogen-bond donors (Lipinski definition) is 2. The van der Waals surface area contributed by atoms with E-state index < -0.39 is 12.1 Å². The van der Waals surface area contributed by atoms with Crippen LogP contribution in [-0.2, 0) is 4.74 Å². The molecule has 1 aromatic carbocycles. The maximum Gasteiger partial charge on any atom is 0.407 e. The molecule has 1 aliphatic rings. The molecule has 0 bridgehead atoms. The topological polar surface area (TPSA) is 58.6 Å². The lowest BCUT2D eigenvalue weighted by Gasteiger charge is -2.12. The Kier molecular flexibility index (Phi) is 2.63. The molecule has 0 aromatic heterocycles. The second-order valence-corrected chi connectivity index (χ2v) is 3.96. The lowest BCUT2D eigenvalue weighted by Crippen LogP contribution is -2.18. The molecule has 80 valence electrons. The van der Waals surface area contributed by atoms with E-state index in [-0.39, 0.29) is 12.4 Å². The van der Waals surface area contributed by atoms with Crippen molar-refractivity contribution < 1.29 is 14.6 Å². The third kappa shape index (κ3) is 1.96. The van der Waals surface area contributed by atoms with Crippen LogP contribution in [0.2, 0.25) is 10.0 Å². The van der Waals surface area contributed by atoms with E-state index in [0.717, 1.165) is 0 Å². The third-order valence-electron chi connectivity index (χ3n) is 2.09. The summed E-state index contributed by atoms with van der Waals surface area (Å²) in [7, 11) is 0. The number of cyclic esters (lactones) is 1. The number of hydrogen-bond acceptors (Lipinski definition) is 3. The zero-order chi connectivity index (χ0) is 11.0. The van der Waals surface area contributed by atoms with Crippen molar-refractivity contribution in [1.82, 2.24) is 5.32 Å². The lowest BCUT2D eigenvalue weighted by molar-refractivity contribution is 0.177. The first kappa shape index (κ1) is 10.4. The Morgan fingerprint density at radius 2 is 2.20 bits per heavy atom. The Hall–Kier alpha value is -1.13. The Morgan fingerprint density at radius 1 is 1.47 bits per heavy atom. The van der Waals surface area contributed by atoms with E-state index >= 15 is 0 Å². The quantitative estimate of drug-likeness (QED) is 0.802. The molecule has 2 rings (SSSR count). The van der Waals surface area contributed by atoms with E-state index in [1.165, 1.54) is 12.1 Å². The van der Waals surface area contributed by atoms with Crippen molar-refractivity contribution in [3.63, 3.8) is 0 Å². The molecule has 1 fully saturated rings. The highest BCUT2D eigenvalue weighted by Gasteiger charge is 2.28. The van der Waals surface area contributed by atoms with Gasteiger partial charge in [0.1, 0.15) is 12.4 Å². The van der Waals surface area contributed by atoms with E-state index in [9.17, 15) is 9.90 Å². The van der Waals surface area contributed by atoms with E-state index in [4.69, 9.17) is 27.9 Å². The summed E-state index contributed by atoms with van der Waals surface area (Å²) in [5.41, 5.74) is 0.423. The van der Waals surface area contributed by atoms with Crippen LogP contribution < -0.4 is 5.32 Å². The maximum atomic E-state index is 10.8. The molecule has 0 spiro atoms. The SMILES string of the molecule is O=C1N[C@@H](c2c(O)cc(Cl)cc2Cl)CO1. The van der Waals surface area contributed by atoms with Gasteiger partial charge in [0.15, 0.2) is 0 Å². The summed E-state index contributed by atoms with van der Waals surface area (Å²) in [5, 5.41) is 12.8. The number of phenolic OH excluding ortho intramolecular Hbond substituents is 1. The predicted octanol–water partition coefficient (Wildman–Crippen LogP) is 2.48. The van der Waals surface area contributed by atoms with Crippen LogP contribution in [0.5, 0.6) is 5.75 Å². The number of halogens is 2. The van der Waals surface area contributed by atoms with Gasteiger partial charge in [0.2, 0.25) is 0 Å². The van der Waals surface area contributed by atoms with Gasteiger partial charge in [0, 0.05) is 10.6 Å². The number of carbonyl (C=O) groups is 1. The minimum atomic E-state index is -0.523. The number of amides is 1. The van der Waals surface area contributed by atoms with Gasteiger partial charge in [-0.25, -0.2) is 4.79 Å². The summed E-state index contributed by atoms with van der Waals surface area (Å²) in [6, 6.07) is 2.44. The summed E-state index contributed by atoms with van der Waals surface area (Å²) in [6.45, 7) is 0.147. The van der Waals surface area contributed by atoms with Crippen molar-refractivity contribution in [1.29, 1.82) is 0 Å². The van der Waals surface area contributed by atoms with Crippen molar-refractivity contribution >= 4 is 29.3 Å². The molecule has 1 aromatic rings. The average Bonchev–Trinajstić information content (AvgIpc) is 2.49. The number of carbonyl (C=O) groups excluding carboxylic acids is 1. The van der Waals surface area contributed by atoms with Gasteiger partial charge in [-0.3, -0.25) is 0 Å². The summed E-state index contributed by atoms with van der Waals surface area (Å²) < 4.78 is 4.71. The van der Waals surface area contributed by atoms with Crippen molar-refractivity contribution in [3.05, 3.63) is 27.7 Å². The number of alkyl carbamates (subject to hydrolysis) is 1. The molecule has 1 saturated heterocycles. The van der Waals surface area contributed by atoms with Gasteiger partial charge in [-0.05, 0) is 12.1 Å². The van der Waals surface area contributed by atoms with Crippen molar-refractivity contribution in [2.24, 2.45) is 0 Å². The zero-order valence-corrected chi connectivity index (χ0v) is 8.97. The van der Waals surface area contributed by atoms with Crippen LogP contribution >= 0.6 is 23.2 Å². The molecule has 0 radical (unpaired) electrons. The highest BCUT2D eigenvalue weighted by Crippen LogP contribution is 2.35. The molecule has 6 heteroatoms. The molecule has 2 N–H and O–H groups in total. The summed E-state index contributed by atoms with van der Waals surface area (Å²) in [6.07, 6.45) is -0.523. The highest BCUT2D eigenvalue weighted by atomic mass is 35.5. The number of ether oxygens (including phenoxy) is 1. The molecule has 1 atom stereocenters. The van der Waals surface area contributed by atoms with Gasteiger partial charge in [-0.2, -0.15) is 0 Å². The standard InChI is InChI=1S/C9H7Cl2NO3/c10-4-1-5(11)8(7(13)2-4)6-3-15-9(14)12-6/h1-2,6,13H,3H2,(H,12,14)/t6-/m1/s1. The molecule has 15 heavy (non-hydrogen) atoms. The summed E-state index contributed by atoms with van der Waals surface area (Å²) in [4.78, 5) is 10.8. The molecule has 1 amide bonds. The molecule has 0 unspecified atom stereocenters. The smallest absolute Gasteiger partial charge is 0.407 e. The number of aromatic hydroxyl groups is 1. The fourth-order valence-corrected chi connectivity index (χ4v) is 2.07. The van der Waals surface area contributed by atoms with Gasteiger partial charge in [-0.15, -0.1) is 0 Å². The van der Waals surface area contributed by atoms with E-state index in [1.807, 2.05) is 0 Å². The highest BCUT2D eigenvalue weighted by molar-refractivity contribution is 6.35. The molecular weight excluding hydrogens is 241 g/mol. The lowest BCUT2D eigenvalue weighted by atomic mass is 10.1. The Labute approximate surface area is 95.7 Å². The Balaban J connectivity index is 2.39. The van der Waals surface area contributed by atoms with Gasteiger partial charge >= 0.3 is 6.09 Å². The van der Waals surface area contributed by atoms with E-state index in [0.29, 0.717) is 15.6 Å². The fourth-order valence-electron chi connectivity index (χ4n) is 1.46. The number of benzene rings is 1. The second-order valence-electron chi connectivity index (χ2n) is 3.12. The fraction of sp³-hybridized carbons (Fsp3) is 0.222. The van der Waals surface area contributed by atoms with E-state index in [1.54, 1.807) is 0 Å². The van der Waals surface area contributed by atoms with Crippen molar-refractivity contribution in [3.8, 4) is 5.75 Å².